The summed E-state index contributed by atoms with van der Waals surface area (Å²) in [6.07, 6.45) is 0. The second-order valence-corrected chi connectivity index (χ2v) is 4.40. The van der Waals surface area contributed by atoms with Crippen LogP contribution in [-0.4, -0.2) is 32.0 Å². The molecular weight excluding hydrogens is 270 g/mol. The van der Waals surface area contributed by atoms with Crippen molar-refractivity contribution in [1.82, 2.24) is 9.97 Å². The molecule has 0 radical (unpaired) electrons. The molecule has 104 valence electrons. The van der Waals surface area contributed by atoms with Crippen molar-refractivity contribution in [3.05, 3.63) is 65.5 Å². The molecule has 0 atom stereocenters. The van der Waals surface area contributed by atoms with Crippen molar-refractivity contribution in [2.24, 2.45) is 5.16 Å². The standard InChI is InChI=1S/C15H11N3O3/c19-15(20)10-6-2-1-5-9(10)13(18-21)14-16-11-7-3-4-8-12(11)17-14/h1-8,21H,(H,16,17)(H,19,20)/b18-13-. The van der Waals surface area contributed by atoms with E-state index < -0.39 is 5.97 Å². The van der Waals surface area contributed by atoms with Crippen molar-refractivity contribution < 1.29 is 15.1 Å². The van der Waals surface area contributed by atoms with E-state index in [1.807, 2.05) is 24.3 Å². The summed E-state index contributed by atoms with van der Waals surface area (Å²) in [5.74, 6) is -0.782. The van der Waals surface area contributed by atoms with E-state index in [4.69, 9.17) is 0 Å². The molecule has 0 fully saturated rings. The number of aromatic nitrogens is 2. The van der Waals surface area contributed by atoms with E-state index in [0.717, 1.165) is 5.52 Å². The lowest BCUT2D eigenvalue weighted by Crippen LogP contribution is -2.12. The first kappa shape index (κ1) is 12.9. The largest absolute Gasteiger partial charge is 0.478 e. The highest BCUT2D eigenvalue weighted by Crippen LogP contribution is 2.17. The SMILES string of the molecule is O=C(O)c1ccccc1/C(=N/O)c1nc2ccccc2[nH]1. The molecule has 21 heavy (non-hydrogen) atoms. The van der Waals surface area contributed by atoms with Gasteiger partial charge in [0.25, 0.3) is 0 Å². The van der Waals surface area contributed by atoms with E-state index in [2.05, 4.69) is 15.1 Å². The normalized spacial score (nSPS) is 11.7. The van der Waals surface area contributed by atoms with Gasteiger partial charge in [0.15, 0.2) is 11.5 Å². The summed E-state index contributed by atoms with van der Waals surface area (Å²) in [6.45, 7) is 0. The molecule has 3 rings (SSSR count). The first-order valence-electron chi connectivity index (χ1n) is 6.20. The molecule has 0 spiro atoms. The minimum Gasteiger partial charge on any atom is -0.478 e. The zero-order valence-electron chi connectivity index (χ0n) is 10.8. The third-order valence-electron chi connectivity index (χ3n) is 3.13. The Kier molecular flexibility index (Phi) is 3.12. The maximum absolute atomic E-state index is 11.3. The molecule has 0 saturated heterocycles. The number of carboxylic acids is 1. The zero-order chi connectivity index (χ0) is 14.8. The average molecular weight is 281 g/mol. The Bertz CT molecular complexity index is 819. The number of H-pyrrole nitrogens is 1. The van der Waals surface area contributed by atoms with E-state index in [0.29, 0.717) is 16.9 Å². The third kappa shape index (κ3) is 2.23. The fourth-order valence-corrected chi connectivity index (χ4v) is 2.17. The van der Waals surface area contributed by atoms with Gasteiger partial charge in [0.1, 0.15) is 0 Å². The maximum Gasteiger partial charge on any atom is 0.336 e. The second kappa shape index (κ2) is 5.09. The van der Waals surface area contributed by atoms with Crippen molar-refractivity contribution in [2.75, 3.05) is 0 Å². The van der Waals surface area contributed by atoms with Crippen molar-refractivity contribution in [2.45, 2.75) is 0 Å². The molecule has 0 aliphatic carbocycles. The highest BCUT2D eigenvalue weighted by Gasteiger charge is 2.19. The molecule has 6 nitrogen and oxygen atoms in total. The van der Waals surface area contributed by atoms with Crippen LogP contribution in [0.2, 0.25) is 0 Å². The summed E-state index contributed by atoms with van der Waals surface area (Å²) in [7, 11) is 0. The van der Waals surface area contributed by atoms with Crippen LogP contribution in [0.5, 0.6) is 0 Å². The van der Waals surface area contributed by atoms with E-state index in [1.54, 1.807) is 18.2 Å². The predicted octanol–water partition coefficient (Wildman–Crippen LogP) is 2.49. The number of oxime groups is 1. The number of rotatable bonds is 3. The summed E-state index contributed by atoms with van der Waals surface area (Å²) in [6, 6.07) is 13.7. The topological polar surface area (TPSA) is 98.6 Å². The smallest absolute Gasteiger partial charge is 0.336 e. The Morgan fingerprint density at radius 2 is 1.71 bits per heavy atom. The number of fused-ring (bicyclic) bond motifs is 1. The third-order valence-corrected chi connectivity index (χ3v) is 3.13. The molecule has 2 aromatic carbocycles. The minimum absolute atomic E-state index is 0.0470. The van der Waals surface area contributed by atoms with Gasteiger partial charge >= 0.3 is 5.97 Å². The van der Waals surface area contributed by atoms with Gasteiger partial charge in [-0.25, -0.2) is 9.78 Å². The molecule has 0 aliphatic rings. The summed E-state index contributed by atoms with van der Waals surface area (Å²) in [5.41, 5.74) is 1.92. The lowest BCUT2D eigenvalue weighted by molar-refractivity contribution is 0.0696. The van der Waals surface area contributed by atoms with E-state index in [-0.39, 0.29) is 11.3 Å². The maximum atomic E-state index is 11.3. The fourth-order valence-electron chi connectivity index (χ4n) is 2.17. The van der Waals surface area contributed by atoms with Crippen LogP contribution in [0.1, 0.15) is 21.7 Å². The Morgan fingerprint density at radius 1 is 1.05 bits per heavy atom. The molecule has 6 heteroatoms. The quantitative estimate of drug-likeness (QED) is 0.390. The van der Waals surface area contributed by atoms with Crippen LogP contribution in [0.3, 0.4) is 0 Å². The fraction of sp³-hybridized carbons (Fsp3) is 0. The molecular formula is C15H11N3O3. The molecule has 3 aromatic rings. The number of aromatic carboxylic acids is 1. The first-order chi connectivity index (χ1) is 10.2. The lowest BCUT2D eigenvalue weighted by Gasteiger charge is -2.05. The average Bonchev–Trinajstić information content (AvgIpc) is 2.92. The number of hydrogen-bond donors (Lipinski definition) is 3. The molecule has 3 N–H and O–H groups in total. The second-order valence-electron chi connectivity index (χ2n) is 4.40. The molecule has 0 amide bonds. The number of imidazole rings is 1. The van der Waals surface area contributed by atoms with Gasteiger partial charge in [-0.1, -0.05) is 35.5 Å². The van der Waals surface area contributed by atoms with Gasteiger partial charge in [-0.15, -0.1) is 0 Å². The van der Waals surface area contributed by atoms with Crippen LogP contribution in [0.25, 0.3) is 11.0 Å². The van der Waals surface area contributed by atoms with Crippen LogP contribution in [0.15, 0.2) is 53.7 Å². The molecule has 0 saturated carbocycles. The van der Waals surface area contributed by atoms with Gasteiger partial charge in [0.05, 0.1) is 16.6 Å². The Balaban J connectivity index is 2.17. The molecule has 0 aliphatic heterocycles. The van der Waals surface area contributed by atoms with Crippen LogP contribution in [-0.2, 0) is 0 Å². The van der Waals surface area contributed by atoms with E-state index in [1.165, 1.54) is 6.07 Å². The van der Waals surface area contributed by atoms with Gasteiger partial charge < -0.3 is 15.3 Å². The number of carbonyl (C=O) groups is 1. The van der Waals surface area contributed by atoms with Crippen molar-refractivity contribution in [3.63, 3.8) is 0 Å². The van der Waals surface area contributed by atoms with Crippen LogP contribution in [0.4, 0.5) is 0 Å². The van der Waals surface area contributed by atoms with Crippen molar-refractivity contribution in [3.8, 4) is 0 Å². The molecule has 0 bridgehead atoms. The monoisotopic (exact) mass is 281 g/mol. The van der Waals surface area contributed by atoms with Gasteiger partial charge in [0, 0.05) is 5.56 Å². The van der Waals surface area contributed by atoms with Crippen LogP contribution < -0.4 is 0 Å². The van der Waals surface area contributed by atoms with Gasteiger partial charge in [0.2, 0.25) is 0 Å². The summed E-state index contributed by atoms with van der Waals surface area (Å²) >= 11 is 0. The van der Waals surface area contributed by atoms with Gasteiger partial charge in [-0.05, 0) is 18.2 Å². The van der Waals surface area contributed by atoms with E-state index in [9.17, 15) is 15.1 Å². The van der Waals surface area contributed by atoms with Crippen molar-refractivity contribution >= 4 is 22.7 Å². The van der Waals surface area contributed by atoms with Crippen LogP contribution in [0, 0.1) is 0 Å². The molecule has 1 aromatic heterocycles. The Morgan fingerprint density at radius 3 is 2.38 bits per heavy atom. The van der Waals surface area contributed by atoms with Crippen molar-refractivity contribution in [1.29, 1.82) is 0 Å². The highest BCUT2D eigenvalue weighted by molar-refractivity contribution is 6.16. The first-order valence-corrected chi connectivity index (χ1v) is 6.20. The highest BCUT2D eigenvalue weighted by atomic mass is 16.4. The summed E-state index contributed by atoms with van der Waals surface area (Å²) in [4.78, 5) is 18.6. The van der Waals surface area contributed by atoms with Crippen LogP contribution >= 0.6 is 0 Å². The molecule has 0 unspecified atom stereocenters. The zero-order valence-corrected chi connectivity index (χ0v) is 10.8. The number of benzene rings is 2. The lowest BCUT2D eigenvalue weighted by atomic mass is 10.0. The number of aromatic amines is 1. The van der Waals surface area contributed by atoms with Gasteiger partial charge in [-0.2, -0.15) is 0 Å². The Hall–Kier alpha value is -3.15. The summed E-state index contributed by atoms with van der Waals surface area (Å²) in [5, 5.41) is 21.8. The number of nitrogens with zero attached hydrogens (tertiary/aromatic N) is 2. The number of para-hydroxylation sites is 2. The molecule has 1 heterocycles. The van der Waals surface area contributed by atoms with E-state index >= 15 is 0 Å². The minimum atomic E-state index is -1.09. The predicted molar refractivity (Wildman–Crippen MR) is 76.9 cm³/mol. The number of carboxylic acid groups (broad SMARTS) is 1. The number of nitrogens with one attached hydrogen (secondary N) is 1. The van der Waals surface area contributed by atoms with Gasteiger partial charge in [-0.3, -0.25) is 0 Å². The summed E-state index contributed by atoms with van der Waals surface area (Å²) < 4.78 is 0. The Labute approximate surface area is 119 Å². The number of hydrogen-bond acceptors (Lipinski definition) is 4.